The molecule has 0 spiro atoms. The van der Waals surface area contributed by atoms with Gasteiger partial charge in [0, 0.05) is 32.7 Å². The normalized spacial score (nSPS) is 14.0. The smallest absolute Gasteiger partial charge is 0.337 e. The highest BCUT2D eigenvalue weighted by Crippen LogP contribution is 2.28. The van der Waals surface area contributed by atoms with Crippen molar-refractivity contribution in [2.75, 3.05) is 13.7 Å². The first kappa shape index (κ1) is 41.7. The van der Waals surface area contributed by atoms with Crippen molar-refractivity contribution in [1.29, 1.82) is 0 Å². The fourth-order valence-corrected chi connectivity index (χ4v) is 5.20. The SMILES string of the molecule is CCCCCCCC(=O)CCCCCC/C=C/[C@H](C(=O)N[C@@H](Cc1ccc(OCCCC)cc1)C(=O)NC)[C@@](O)(CC(F)F)C(=O)O. The van der Waals surface area contributed by atoms with E-state index in [2.05, 4.69) is 24.5 Å². The number of carbonyl (C=O) groups excluding carboxylic acids is 3. The Hall–Kier alpha value is -3.34. The number of ether oxygens (including phenoxy) is 1. The first-order chi connectivity index (χ1) is 22.5. The molecule has 11 heteroatoms. The molecule has 0 heterocycles. The summed E-state index contributed by atoms with van der Waals surface area (Å²) in [7, 11) is 1.37. The second-order valence-electron chi connectivity index (χ2n) is 12.1. The van der Waals surface area contributed by atoms with E-state index >= 15 is 0 Å². The molecule has 0 fully saturated rings. The van der Waals surface area contributed by atoms with Gasteiger partial charge in [0.2, 0.25) is 18.2 Å². The summed E-state index contributed by atoms with van der Waals surface area (Å²) in [5.74, 6) is -4.57. The van der Waals surface area contributed by atoms with Crippen LogP contribution in [0.2, 0.25) is 0 Å². The number of alkyl halides is 2. The molecule has 0 aliphatic rings. The van der Waals surface area contributed by atoms with Crippen molar-refractivity contribution >= 4 is 23.6 Å². The Labute approximate surface area is 278 Å². The van der Waals surface area contributed by atoms with Crippen LogP contribution in [0.4, 0.5) is 8.78 Å². The quantitative estimate of drug-likeness (QED) is 0.0616. The first-order valence-corrected chi connectivity index (χ1v) is 17.1. The second-order valence-corrected chi connectivity index (χ2v) is 12.1. The lowest BCUT2D eigenvalue weighted by atomic mass is 9.82. The van der Waals surface area contributed by atoms with Gasteiger partial charge in [-0.1, -0.05) is 83.1 Å². The van der Waals surface area contributed by atoms with Gasteiger partial charge in [0.1, 0.15) is 17.6 Å². The average molecular weight is 667 g/mol. The first-order valence-electron chi connectivity index (χ1n) is 17.1. The molecule has 0 bridgehead atoms. The molecule has 0 aromatic heterocycles. The minimum absolute atomic E-state index is 0.0266. The number of hydrogen-bond acceptors (Lipinski definition) is 6. The third-order valence-corrected chi connectivity index (χ3v) is 8.11. The van der Waals surface area contributed by atoms with Crippen LogP contribution in [-0.4, -0.2) is 65.5 Å². The number of aliphatic hydroxyl groups is 1. The molecule has 3 atom stereocenters. The fourth-order valence-electron chi connectivity index (χ4n) is 5.20. The number of carboxylic acids is 1. The number of aliphatic carboxylic acids is 1. The molecule has 266 valence electrons. The van der Waals surface area contributed by atoms with E-state index in [1.807, 2.05) is 0 Å². The Balaban J connectivity index is 2.87. The van der Waals surface area contributed by atoms with Crippen LogP contribution in [0, 0.1) is 5.92 Å². The van der Waals surface area contributed by atoms with Crippen LogP contribution in [-0.2, 0) is 25.6 Å². The predicted octanol–water partition coefficient (Wildman–Crippen LogP) is 6.55. The van der Waals surface area contributed by atoms with Crippen molar-refractivity contribution in [3.05, 3.63) is 42.0 Å². The number of amides is 2. The van der Waals surface area contributed by atoms with Gasteiger partial charge in [0.25, 0.3) is 0 Å². The summed E-state index contributed by atoms with van der Waals surface area (Å²) in [5, 5.41) is 25.6. The van der Waals surface area contributed by atoms with E-state index in [4.69, 9.17) is 4.74 Å². The number of rotatable bonds is 27. The molecular weight excluding hydrogens is 610 g/mol. The van der Waals surface area contributed by atoms with E-state index in [0.29, 0.717) is 43.6 Å². The number of unbranched alkanes of at least 4 members (excludes halogenated alkanes) is 9. The zero-order valence-electron chi connectivity index (χ0n) is 28.4. The summed E-state index contributed by atoms with van der Waals surface area (Å²) in [4.78, 5) is 50.3. The van der Waals surface area contributed by atoms with Gasteiger partial charge in [0.15, 0.2) is 5.60 Å². The summed E-state index contributed by atoms with van der Waals surface area (Å²) in [5.41, 5.74) is -2.43. The van der Waals surface area contributed by atoms with Gasteiger partial charge in [-0.15, -0.1) is 0 Å². The van der Waals surface area contributed by atoms with Gasteiger partial charge in [-0.25, -0.2) is 13.6 Å². The molecule has 0 unspecified atom stereocenters. The van der Waals surface area contributed by atoms with E-state index in [-0.39, 0.29) is 12.2 Å². The van der Waals surface area contributed by atoms with Gasteiger partial charge in [-0.05, 0) is 49.8 Å². The largest absolute Gasteiger partial charge is 0.494 e. The van der Waals surface area contributed by atoms with E-state index in [0.717, 1.165) is 63.9 Å². The number of allylic oxidation sites excluding steroid dienone is 1. The highest BCUT2D eigenvalue weighted by Gasteiger charge is 2.49. The molecule has 1 rings (SSSR count). The molecule has 9 nitrogen and oxygen atoms in total. The number of carbonyl (C=O) groups is 4. The fraction of sp³-hybridized carbons (Fsp3) is 0.667. The minimum atomic E-state index is -3.20. The lowest BCUT2D eigenvalue weighted by Crippen LogP contribution is -2.56. The standard InChI is InChI=1S/C36H56F2N2O7/c1-4-6-8-11-14-17-28(41)18-15-12-9-10-13-16-19-30(36(46,35(44)45)26-32(37)38)33(42)40-31(34(43)39-3)25-27-20-22-29(23-21-27)47-24-7-5-2/h16,19-23,30-32,46H,4-15,17-18,24-26H2,1-3H3,(H,39,43)(H,40,42)(H,44,45)/b19-16+/t30-,31+,36+/m1/s1. The maximum absolute atomic E-state index is 13.4. The van der Waals surface area contributed by atoms with Crippen molar-refractivity contribution in [2.45, 2.75) is 135 Å². The Bertz CT molecular complexity index is 1100. The monoisotopic (exact) mass is 666 g/mol. The summed E-state index contributed by atoms with van der Waals surface area (Å²) in [6.45, 7) is 4.76. The van der Waals surface area contributed by atoms with Crippen molar-refractivity contribution < 1.29 is 42.9 Å². The van der Waals surface area contributed by atoms with Crippen LogP contribution in [0.15, 0.2) is 36.4 Å². The zero-order chi connectivity index (χ0) is 35.1. The van der Waals surface area contributed by atoms with Crippen LogP contribution < -0.4 is 15.4 Å². The summed E-state index contributed by atoms with van der Waals surface area (Å²) in [6, 6.07) is 5.77. The Morgan fingerprint density at radius 3 is 2.02 bits per heavy atom. The number of halogens is 2. The van der Waals surface area contributed by atoms with Gasteiger partial charge >= 0.3 is 5.97 Å². The topological polar surface area (TPSA) is 142 Å². The van der Waals surface area contributed by atoms with Crippen LogP contribution in [0.1, 0.15) is 116 Å². The molecule has 0 aliphatic carbocycles. The molecule has 1 aromatic rings. The van der Waals surface area contributed by atoms with Gasteiger partial charge in [-0.2, -0.15) is 0 Å². The summed E-state index contributed by atoms with van der Waals surface area (Å²) < 4.78 is 32.5. The van der Waals surface area contributed by atoms with Crippen LogP contribution >= 0.6 is 0 Å². The average Bonchev–Trinajstić information content (AvgIpc) is 3.03. The molecule has 2 amide bonds. The number of benzene rings is 1. The van der Waals surface area contributed by atoms with Crippen molar-refractivity contribution in [2.24, 2.45) is 5.92 Å². The van der Waals surface area contributed by atoms with E-state index < -0.39 is 48.2 Å². The van der Waals surface area contributed by atoms with Crippen LogP contribution in [0.5, 0.6) is 5.75 Å². The highest BCUT2D eigenvalue weighted by atomic mass is 19.3. The lowest BCUT2D eigenvalue weighted by Gasteiger charge is -2.31. The van der Waals surface area contributed by atoms with E-state index in [1.54, 1.807) is 24.3 Å². The molecule has 0 saturated heterocycles. The van der Waals surface area contributed by atoms with E-state index in [1.165, 1.54) is 19.5 Å². The molecule has 4 N–H and O–H groups in total. The van der Waals surface area contributed by atoms with Crippen LogP contribution in [0.25, 0.3) is 0 Å². The van der Waals surface area contributed by atoms with Crippen LogP contribution in [0.3, 0.4) is 0 Å². The Kier molecular flexibility index (Phi) is 21.2. The van der Waals surface area contributed by atoms with Gasteiger partial charge in [0.05, 0.1) is 12.5 Å². The van der Waals surface area contributed by atoms with Gasteiger partial charge < -0.3 is 25.6 Å². The molecule has 47 heavy (non-hydrogen) atoms. The van der Waals surface area contributed by atoms with Gasteiger partial charge in [-0.3, -0.25) is 14.4 Å². The number of Topliss-reactive ketones (excluding diaryl/α,β-unsaturated/α-hetero) is 1. The Morgan fingerprint density at radius 2 is 1.47 bits per heavy atom. The predicted molar refractivity (Wildman–Crippen MR) is 178 cm³/mol. The highest BCUT2D eigenvalue weighted by molar-refractivity contribution is 5.93. The zero-order valence-corrected chi connectivity index (χ0v) is 28.4. The number of carboxylic acid groups (broad SMARTS) is 1. The molecule has 0 saturated carbocycles. The van der Waals surface area contributed by atoms with E-state index in [9.17, 15) is 38.2 Å². The Morgan fingerprint density at radius 1 is 0.872 bits per heavy atom. The van der Waals surface area contributed by atoms with Crippen molar-refractivity contribution in [3.63, 3.8) is 0 Å². The maximum Gasteiger partial charge on any atom is 0.337 e. The lowest BCUT2D eigenvalue weighted by molar-refractivity contribution is -0.171. The third kappa shape index (κ3) is 16.9. The molecular formula is C36H56F2N2O7. The molecule has 0 aliphatic heterocycles. The number of likely N-dealkylation sites (N-methyl/N-ethyl adjacent to an activating group) is 1. The van der Waals surface area contributed by atoms with Crippen molar-refractivity contribution in [3.8, 4) is 5.75 Å². The molecule has 1 aromatic carbocycles. The number of hydrogen-bond donors (Lipinski definition) is 4. The molecule has 0 radical (unpaired) electrons. The third-order valence-electron chi connectivity index (χ3n) is 8.11. The second kappa shape index (κ2) is 23.9. The number of nitrogens with one attached hydrogen (secondary N) is 2. The number of ketones is 1. The summed E-state index contributed by atoms with van der Waals surface area (Å²) >= 11 is 0. The maximum atomic E-state index is 13.4. The minimum Gasteiger partial charge on any atom is -0.494 e. The summed E-state index contributed by atoms with van der Waals surface area (Å²) in [6.07, 6.45) is 9.99. The van der Waals surface area contributed by atoms with Crippen molar-refractivity contribution in [1.82, 2.24) is 10.6 Å².